The zero-order valence-electron chi connectivity index (χ0n) is 11.2. The highest BCUT2D eigenvalue weighted by Gasteiger charge is 2.89. The molecule has 1 heterocycles. The first-order valence-electron chi connectivity index (χ1n) is 5.74. The molecule has 0 atom stereocenters. The number of nitrogens with zero attached hydrogens (tertiary/aromatic N) is 1. The maximum absolute atomic E-state index is 13.0. The number of alkyl halides is 12. The molecule has 0 saturated carbocycles. The summed E-state index contributed by atoms with van der Waals surface area (Å²) >= 11 is 0. The summed E-state index contributed by atoms with van der Waals surface area (Å²) in [6.45, 7) is -1.15. The standard InChI is InChI=1S/C9H7F12N3/c1-2-24-3(22)4(6(10,11)12,7(13,14)15)23-5(24,8(16,17)18)9(19,20)21/h22-23H,2H2,1H3. The number of likely N-dealkylation sites (N-methyl/N-ethyl adjacent to an activating group) is 1. The van der Waals surface area contributed by atoms with E-state index in [0.29, 0.717) is 6.92 Å². The van der Waals surface area contributed by atoms with Crippen LogP contribution in [0, 0.1) is 5.41 Å². The molecule has 0 unspecified atom stereocenters. The van der Waals surface area contributed by atoms with Crippen LogP contribution in [0.3, 0.4) is 0 Å². The largest absolute Gasteiger partial charge is 0.434 e. The Morgan fingerprint density at radius 1 is 0.792 bits per heavy atom. The summed E-state index contributed by atoms with van der Waals surface area (Å²) in [5.74, 6) is -2.94. The van der Waals surface area contributed by atoms with Gasteiger partial charge in [0, 0.05) is 6.54 Å². The number of nitrogens with one attached hydrogen (secondary N) is 2. The average molecular weight is 385 g/mol. The molecule has 24 heavy (non-hydrogen) atoms. The van der Waals surface area contributed by atoms with Crippen molar-refractivity contribution in [3.63, 3.8) is 0 Å². The van der Waals surface area contributed by atoms with Crippen LogP contribution < -0.4 is 5.32 Å². The molecule has 0 aromatic carbocycles. The van der Waals surface area contributed by atoms with Gasteiger partial charge in [0.15, 0.2) is 0 Å². The lowest BCUT2D eigenvalue weighted by atomic mass is 9.97. The Bertz CT molecular complexity index is 482. The smallest absolute Gasteiger partial charge is 0.325 e. The third-order valence-electron chi connectivity index (χ3n) is 3.39. The lowest BCUT2D eigenvalue weighted by molar-refractivity contribution is -0.351. The quantitative estimate of drug-likeness (QED) is 0.678. The van der Waals surface area contributed by atoms with Crippen LogP contribution in [0.2, 0.25) is 0 Å². The molecule has 0 radical (unpaired) electrons. The van der Waals surface area contributed by atoms with Crippen LogP contribution in [0.1, 0.15) is 6.92 Å². The summed E-state index contributed by atoms with van der Waals surface area (Å²) in [6.07, 6.45) is -26.7. The minimum atomic E-state index is -6.70. The first-order valence-corrected chi connectivity index (χ1v) is 5.74. The van der Waals surface area contributed by atoms with Gasteiger partial charge in [-0.1, -0.05) is 0 Å². The maximum Gasteiger partial charge on any atom is 0.434 e. The van der Waals surface area contributed by atoms with Gasteiger partial charge in [-0.3, -0.25) is 10.7 Å². The second-order valence-electron chi connectivity index (χ2n) is 4.67. The molecule has 3 nitrogen and oxygen atoms in total. The van der Waals surface area contributed by atoms with Gasteiger partial charge in [0.1, 0.15) is 5.84 Å². The summed E-state index contributed by atoms with van der Waals surface area (Å²) in [4.78, 5) is -1.34. The molecule has 0 bridgehead atoms. The van der Waals surface area contributed by atoms with Crippen molar-refractivity contribution >= 4 is 5.84 Å². The molecular formula is C9H7F12N3. The molecule has 0 aromatic heterocycles. The fourth-order valence-electron chi connectivity index (χ4n) is 2.34. The topological polar surface area (TPSA) is 39.1 Å². The van der Waals surface area contributed by atoms with Gasteiger partial charge in [0.25, 0.3) is 11.2 Å². The minimum Gasteiger partial charge on any atom is -0.325 e. The number of hydrogen-bond acceptors (Lipinski definition) is 2. The number of halogens is 12. The first-order chi connectivity index (χ1) is 10.3. The minimum absolute atomic E-state index is 0.370. The molecule has 15 heteroatoms. The van der Waals surface area contributed by atoms with Crippen molar-refractivity contribution in [1.82, 2.24) is 10.2 Å². The van der Waals surface area contributed by atoms with E-state index in [2.05, 4.69) is 0 Å². The fraction of sp³-hybridized carbons (Fsp3) is 0.889. The Balaban J connectivity index is 3.91. The molecule has 0 aliphatic carbocycles. The van der Waals surface area contributed by atoms with Gasteiger partial charge in [-0.2, -0.15) is 52.7 Å². The summed E-state index contributed by atoms with van der Waals surface area (Å²) in [7, 11) is 0. The van der Waals surface area contributed by atoms with Gasteiger partial charge < -0.3 is 4.90 Å². The highest BCUT2D eigenvalue weighted by atomic mass is 19.4. The second-order valence-corrected chi connectivity index (χ2v) is 4.67. The second kappa shape index (κ2) is 5.05. The van der Waals surface area contributed by atoms with E-state index in [1.54, 1.807) is 0 Å². The zero-order chi connectivity index (χ0) is 19.6. The number of rotatable bonds is 1. The van der Waals surface area contributed by atoms with Crippen molar-refractivity contribution in [2.75, 3.05) is 6.54 Å². The highest BCUT2D eigenvalue weighted by Crippen LogP contribution is 2.56. The Labute approximate surface area is 125 Å². The Morgan fingerprint density at radius 2 is 1.12 bits per heavy atom. The molecule has 2 N–H and O–H groups in total. The predicted octanol–water partition coefficient (Wildman–Crippen LogP) is 3.57. The lowest BCUT2D eigenvalue weighted by Gasteiger charge is -2.40. The predicted molar refractivity (Wildman–Crippen MR) is 52.9 cm³/mol. The van der Waals surface area contributed by atoms with E-state index < -0.39 is 53.2 Å². The van der Waals surface area contributed by atoms with Gasteiger partial charge in [0.05, 0.1) is 0 Å². The molecule has 142 valence electrons. The summed E-state index contributed by atoms with van der Waals surface area (Å²) < 4.78 is 155. The van der Waals surface area contributed by atoms with Crippen LogP contribution in [-0.4, -0.2) is 53.2 Å². The number of hydrogen-bond donors (Lipinski definition) is 2. The van der Waals surface area contributed by atoms with Crippen molar-refractivity contribution in [2.24, 2.45) is 0 Å². The zero-order valence-corrected chi connectivity index (χ0v) is 11.2. The van der Waals surface area contributed by atoms with Crippen LogP contribution in [0.15, 0.2) is 0 Å². The van der Waals surface area contributed by atoms with Gasteiger partial charge in [-0.25, -0.2) is 0 Å². The van der Waals surface area contributed by atoms with Crippen molar-refractivity contribution in [3.8, 4) is 0 Å². The molecule has 1 aliphatic rings. The summed E-state index contributed by atoms with van der Waals surface area (Å²) in [6, 6.07) is 0. The van der Waals surface area contributed by atoms with Crippen LogP contribution in [0.25, 0.3) is 0 Å². The van der Waals surface area contributed by atoms with Crippen LogP contribution in [0.5, 0.6) is 0 Å². The monoisotopic (exact) mass is 385 g/mol. The van der Waals surface area contributed by atoms with Gasteiger partial charge in [-0.05, 0) is 6.92 Å². The molecule has 0 spiro atoms. The SMILES string of the molecule is CCN1C(=N)C(C(F)(F)F)(C(F)(F)F)NC1(C(F)(F)F)C(F)(F)F. The van der Waals surface area contributed by atoms with E-state index in [1.165, 1.54) is 0 Å². The normalized spacial score (nSPS) is 22.2. The van der Waals surface area contributed by atoms with Crippen molar-refractivity contribution in [2.45, 2.75) is 42.8 Å². The van der Waals surface area contributed by atoms with E-state index >= 15 is 0 Å². The molecule has 0 aromatic rings. The highest BCUT2D eigenvalue weighted by molar-refractivity contribution is 5.94. The van der Waals surface area contributed by atoms with Gasteiger partial charge >= 0.3 is 24.7 Å². The summed E-state index contributed by atoms with van der Waals surface area (Å²) in [5.41, 5.74) is -11.6. The maximum atomic E-state index is 13.0. The Hall–Kier alpha value is -1.41. The molecule has 1 fully saturated rings. The molecule has 1 aliphatic heterocycles. The lowest BCUT2D eigenvalue weighted by Crippen LogP contribution is -2.75. The van der Waals surface area contributed by atoms with Crippen molar-refractivity contribution in [3.05, 3.63) is 0 Å². The molecule has 0 amide bonds. The van der Waals surface area contributed by atoms with E-state index in [4.69, 9.17) is 5.41 Å². The Kier molecular flexibility index (Phi) is 4.34. The van der Waals surface area contributed by atoms with Crippen LogP contribution >= 0.6 is 0 Å². The van der Waals surface area contributed by atoms with Crippen molar-refractivity contribution in [1.29, 1.82) is 5.41 Å². The van der Waals surface area contributed by atoms with Gasteiger partial charge in [0.2, 0.25) is 0 Å². The van der Waals surface area contributed by atoms with Gasteiger partial charge in [-0.15, -0.1) is 0 Å². The van der Waals surface area contributed by atoms with Crippen LogP contribution in [-0.2, 0) is 0 Å². The van der Waals surface area contributed by atoms with Crippen molar-refractivity contribution < 1.29 is 52.7 Å². The van der Waals surface area contributed by atoms with E-state index in [9.17, 15) is 52.7 Å². The molecule has 1 saturated heterocycles. The Morgan fingerprint density at radius 3 is 1.29 bits per heavy atom. The third-order valence-corrected chi connectivity index (χ3v) is 3.39. The number of amidine groups is 1. The average Bonchev–Trinajstić information content (AvgIpc) is 2.57. The van der Waals surface area contributed by atoms with E-state index in [-0.39, 0.29) is 5.32 Å². The van der Waals surface area contributed by atoms with Crippen LogP contribution in [0.4, 0.5) is 52.7 Å². The fourth-order valence-corrected chi connectivity index (χ4v) is 2.34. The summed E-state index contributed by atoms with van der Waals surface area (Å²) in [5, 5.41) is 6.49. The third kappa shape index (κ3) is 2.30. The molecule has 1 rings (SSSR count). The van der Waals surface area contributed by atoms with E-state index in [0.717, 1.165) is 0 Å². The molecular weight excluding hydrogens is 378 g/mol. The first kappa shape index (κ1) is 20.6. The van der Waals surface area contributed by atoms with E-state index in [1.807, 2.05) is 0 Å².